The predicted molar refractivity (Wildman–Crippen MR) is 132 cm³/mol. The highest BCUT2D eigenvalue weighted by atomic mass is 16.7. The Morgan fingerprint density at radius 1 is 0.857 bits per heavy atom. The van der Waals surface area contributed by atoms with Gasteiger partial charge in [-0.1, -0.05) is 37.3 Å². The van der Waals surface area contributed by atoms with Gasteiger partial charge in [0.1, 0.15) is 5.75 Å². The van der Waals surface area contributed by atoms with Gasteiger partial charge in [0, 0.05) is 30.0 Å². The number of benzene rings is 3. The van der Waals surface area contributed by atoms with Crippen LogP contribution in [0, 0.1) is 5.92 Å². The molecule has 0 amide bonds. The maximum Gasteiger partial charge on any atom is 0.231 e. The molecule has 0 bridgehead atoms. The van der Waals surface area contributed by atoms with E-state index in [0.717, 1.165) is 35.6 Å². The van der Waals surface area contributed by atoms with Crippen LogP contribution in [-0.2, 0) is 6.42 Å². The van der Waals surface area contributed by atoms with Crippen LogP contribution in [0.5, 0.6) is 34.5 Å². The summed E-state index contributed by atoms with van der Waals surface area (Å²) in [5.74, 6) is 4.12. The second-order valence-electron chi connectivity index (χ2n) is 8.77. The van der Waals surface area contributed by atoms with Gasteiger partial charge in [-0.25, -0.2) is 0 Å². The Labute approximate surface area is 205 Å². The zero-order chi connectivity index (χ0) is 24.4. The normalized spacial score (nSPS) is 20.1. The Bertz CT molecular complexity index is 1160. The monoisotopic (exact) mass is 477 g/mol. The van der Waals surface area contributed by atoms with Crippen molar-refractivity contribution < 1.29 is 28.4 Å². The molecule has 3 aromatic carbocycles. The molecule has 0 radical (unpaired) electrons. The van der Waals surface area contributed by atoms with Gasteiger partial charge in [-0.05, 0) is 35.7 Å². The highest BCUT2D eigenvalue weighted by Gasteiger charge is 2.38. The van der Waals surface area contributed by atoms with Crippen LogP contribution in [0.3, 0.4) is 0 Å². The second kappa shape index (κ2) is 9.96. The Balaban J connectivity index is 1.51. The molecule has 7 heteroatoms. The van der Waals surface area contributed by atoms with E-state index in [4.69, 9.17) is 28.4 Å². The van der Waals surface area contributed by atoms with Gasteiger partial charge in [-0.15, -0.1) is 0 Å². The van der Waals surface area contributed by atoms with Crippen molar-refractivity contribution in [2.24, 2.45) is 5.92 Å². The summed E-state index contributed by atoms with van der Waals surface area (Å²) < 4.78 is 34.7. The summed E-state index contributed by atoms with van der Waals surface area (Å²) >= 11 is 0. The van der Waals surface area contributed by atoms with Crippen molar-refractivity contribution in [3.8, 4) is 34.5 Å². The summed E-state index contributed by atoms with van der Waals surface area (Å²) in [4.78, 5) is 0. The second-order valence-corrected chi connectivity index (χ2v) is 8.77. The third-order valence-corrected chi connectivity index (χ3v) is 6.75. The maximum absolute atomic E-state index is 6.48. The largest absolute Gasteiger partial charge is 0.493 e. The number of ether oxygens (including phenoxy) is 6. The highest BCUT2D eigenvalue weighted by Crippen LogP contribution is 2.51. The quantitative estimate of drug-likeness (QED) is 0.502. The van der Waals surface area contributed by atoms with Gasteiger partial charge >= 0.3 is 0 Å². The van der Waals surface area contributed by atoms with Crippen molar-refractivity contribution in [1.29, 1.82) is 0 Å². The maximum atomic E-state index is 6.48. The van der Waals surface area contributed by atoms with E-state index < -0.39 is 0 Å². The molecule has 7 nitrogen and oxygen atoms in total. The van der Waals surface area contributed by atoms with Crippen LogP contribution in [0.4, 0.5) is 0 Å². The molecule has 5 rings (SSSR count). The van der Waals surface area contributed by atoms with Crippen LogP contribution in [0.2, 0.25) is 0 Å². The van der Waals surface area contributed by atoms with E-state index in [-0.39, 0.29) is 24.9 Å². The minimum Gasteiger partial charge on any atom is -0.493 e. The third kappa shape index (κ3) is 4.44. The van der Waals surface area contributed by atoms with Gasteiger partial charge < -0.3 is 28.4 Å². The molecule has 2 aliphatic heterocycles. The fraction of sp³-hybridized carbons (Fsp3) is 0.357. The Kier molecular flexibility index (Phi) is 6.59. The van der Waals surface area contributed by atoms with E-state index in [9.17, 15) is 0 Å². The first-order valence-corrected chi connectivity index (χ1v) is 11.8. The minimum atomic E-state index is -0.198. The van der Waals surface area contributed by atoms with E-state index in [1.807, 2.05) is 30.3 Å². The molecule has 2 aliphatic rings. The Morgan fingerprint density at radius 2 is 1.54 bits per heavy atom. The fourth-order valence-electron chi connectivity index (χ4n) is 4.98. The molecule has 3 atom stereocenters. The Hall–Kier alpha value is -3.58. The van der Waals surface area contributed by atoms with E-state index in [0.29, 0.717) is 23.0 Å². The summed E-state index contributed by atoms with van der Waals surface area (Å²) in [6, 6.07) is 18.4. The lowest BCUT2D eigenvalue weighted by molar-refractivity contribution is 0.0797. The molecular formula is C28H31NO6. The fourth-order valence-corrected chi connectivity index (χ4v) is 4.98. The van der Waals surface area contributed by atoms with E-state index in [2.05, 4.69) is 36.5 Å². The van der Waals surface area contributed by atoms with E-state index in [1.165, 1.54) is 5.56 Å². The van der Waals surface area contributed by atoms with Crippen molar-refractivity contribution in [1.82, 2.24) is 5.32 Å². The summed E-state index contributed by atoms with van der Waals surface area (Å²) in [5.41, 5.74) is 3.37. The van der Waals surface area contributed by atoms with Crippen LogP contribution in [-0.4, -0.2) is 40.9 Å². The SMILES string of the molecule is COc1cc([C@H]2c3cc4c(cc3OC(NCCc3ccccc3)[C@@H]2C)OCO4)cc(OC)c1OC. The van der Waals surface area contributed by atoms with Gasteiger partial charge in [0.2, 0.25) is 12.5 Å². The van der Waals surface area contributed by atoms with Gasteiger partial charge in [-0.3, -0.25) is 5.32 Å². The average molecular weight is 478 g/mol. The summed E-state index contributed by atoms with van der Waals surface area (Å²) in [6.07, 6.45) is 0.715. The molecule has 1 unspecified atom stereocenters. The molecule has 0 aromatic heterocycles. The molecule has 0 aliphatic carbocycles. The molecule has 184 valence electrons. The van der Waals surface area contributed by atoms with Gasteiger partial charge in [0.05, 0.1) is 21.3 Å². The zero-order valence-electron chi connectivity index (χ0n) is 20.5. The molecule has 0 saturated carbocycles. The number of methoxy groups -OCH3 is 3. The predicted octanol–water partition coefficient (Wildman–Crippen LogP) is 4.76. The van der Waals surface area contributed by atoms with Crippen molar-refractivity contribution in [2.75, 3.05) is 34.7 Å². The third-order valence-electron chi connectivity index (χ3n) is 6.75. The first-order valence-electron chi connectivity index (χ1n) is 11.8. The first kappa shape index (κ1) is 23.2. The van der Waals surface area contributed by atoms with Gasteiger partial charge in [-0.2, -0.15) is 0 Å². The molecule has 35 heavy (non-hydrogen) atoms. The topological polar surface area (TPSA) is 67.4 Å². The molecule has 3 aromatic rings. The average Bonchev–Trinajstić information content (AvgIpc) is 3.35. The molecule has 0 fully saturated rings. The summed E-state index contributed by atoms with van der Waals surface area (Å²) in [6.45, 7) is 3.20. The minimum absolute atomic E-state index is 0.00354. The standard InChI is InChI=1S/C28H31NO6/c1-17-26(19-12-24(30-2)27(32-4)25(13-19)31-3)20-14-22-23(34-16-33-22)15-21(20)35-28(17)29-11-10-18-8-6-5-7-9-18/h5-9,12-15,17,26,28-29H,10-11,16H2,1-4H3/t17-,26+,28?/m1/s1. The number of fused-ring (bicyclic) bond motifs is 2. The van der Waals surface area contributed by atoms with Crippen molar-refractivity contribution in [3.63, 3.8) is 0 Å². The number of hydrogen-bond acceptors (Lipinski definition) is 7. The first-order chi connectivity index (χ1) is 17.1. The van der Waals surface area contributed by atoms with Crippen LogP contribution in [0.1, 0.15) is 29.5 Å². The van der Waals surface area contributed by atoms with Gasteiger partial charge in [0.25, 0.3) is 0 Å². The lowest BCUT2D eigenvalue weighted by atomic mass is 9.78. The van der Waals surface area contributed by atoms with Crippen LogP contribution >= 0.6 is 0 Å². The van der Waals surface area contributed by atoms with E-state index >= 15 is 0 Å². The van der Waals surface area contributed by atoms with Crippen LogP contribution < -0.4 is 33.7 Å². The zero-order valence-corrected chi connectivity index (χ0v) is 20.5. The number of rotatable bonds is 8. The summed E-state index contributed by atoms with van der Waals surface area (Å²) in [5, 5.41) is 3.63. The van der Waals surface area contributed by atoms with Crippen molar-refractivity contribution in [3.05, 3.63) is 71.3 Å². The van der Waals surface area contributed by atoms with Crippen LogP contribution in [0.15, 0.2) is 54.6 Å². The molecule has 0 saturated heterocycles. The highest BCUT2D eigenvalue weighted by molar-refractivity contribution is 5.60. The molecule has 0 spiro atoms. The molecular weight excluding hydrogens is 446 g/mol. The van der Waals surface area contributed by atoms with E-state index in [1.54, 1.807) is 21.3 Å². The smallest absolute Gasteiger partial charge is 0.231 e. The van der Waals surface area contributed by atoms with Gasteiger partial charge in [0.15, 0.2) is 29.2 Å². The summed E-state index contributed by atoms with van der Waals surface area (Å²) in [7, 11) is 4.88. The number of nitrogens with one attached hydrogen (secondary N) is 1. The van der Waals surface area contributed by atoms with Crippen molar-refractivity contribution in [2.45, 2.75) is 25.5 Å². The lowest BCUT2D eigenvalue weighted by Gasteiger charge is -2.39. The Morgan fingerprint density at radius 3 is 2.20 bits per heavy atom. The van der Waals surface area contributed by atoms with Crippen LogP contribution in [0.25, 0.3) is 0 Å². The number of hydrogen-bond donors (Lipinski definition) is 1. The van der Waals surface area contributed by atoms with Crippen molar-refractivity contribution >= 4 is 0 Å². The lowest BCUT2D eigenvalue weighted by Crippen LogP contribution is -2.46. The molecule has 2 heterocycles. The molecule has 1 N–H and O–H groups in total.